The molecule has 0 heterocycles. The maximum Gasteiger partial charge on any atom is 0.277 e. The number of nitrogens with zero attached hydrogens (tertiary/aromatic N) is 1. The summed E-state index contributed by atoms with van der Waals surface area (Å²) < 4.78 is 6.40. The lowest BCUT2D eigenvalue weighted by Crippen LogP contribution is -2.26. The van der Waals surface area contributed by atoms with Crippen molar-refractivity contribution in [1.29, 1.82) is 0 Å². The number of nitrogens with one attached hydrogen (secondary N) is 2. The van der Waals surface area contributed by atoms with E-state index in [-0.39, 0.29) is 18.9 Å². The minimum Gasteiger partial charge on any atom is -0.483 e. The molecule has 8 heteroatoms. The average Bonchev–Trinajstić information content (AvgIpc) is 2.61. The molecule has 2 amide bonds. The third-order valence-electron chi connectivity index (χ3n) is 3.41. The van der Waals surface area contributed by atoms with E-state index in [0.717, 1.165) is 10.0 Å². The fourth-order valence-corrected chi connectivity index (χ4v) is 2.72. The number of ether oxygens (including phenoxy) is 1. The van der Waals surface area contributed by atoms with Gasteiger partial charge < -0.3 is 10.1 Å². The fraction of sp³-hybridized carbons (Fsp3) is 0.211. The van der Waals surface area contributed by atoms with Crippen LogP contribution < -0.4 is 15.5 Å². The maximum absolute atomic E-state index is 12.0. The van der Waals surface area contributed by atoms with Crippen molar-refractivity contribution in [2.75, 3.05) is 11.9 Å². The first-order valence-corrected chi connectivity index (χ1v) is 9.27. The molecule has 2 rings (SSSR count). The summed E-state index contributed by atoms with van der Waals surface area (Å²) >= 11 is 9.17. The number of anilines is 1. The predicted octanol–water partition coefficient (Wildman–Crippen LogP) is 4.31. The molecule has 0 aromatic heterocycles. The molecule has 6 nitrogen and oxygen atoms in total. The highest BCUT2D eigenvalue weighted by Gasteiger charge is 2.07. The van der Waals surface area contributed by atoms with E-state index in [1.807, 2.05) is 19.1 Å². The number of aryl methyl sites for hydroxylation is 1. The minimum absolute atomic E-state index is 0.0512. The SMILES string of the molecule is C/C(CC(=O)Nc1ccc(Cl)cc1)=N/NC(=O)COc1ccc(Br)cc1C. The third-order valence-corrected chi connectivity index (χ3v) is 4.16. The van der Waals surface area contributed by atoms with Gasteiger partial charge in [-0.25, -0.2) is 5.43 Å². The first kappa shape index (κ1) is 20.9. The van der Waals surface area contributed by atoms with Gasteiger partial charge in [-0.15, -0.1) is 0 Å². The Balaban J connectivity index is 1.77. The van der Waals surface area contributed by atoms with Crippen molar-refractivity contribution in [2.45, 2.75) is 20.3 Å². The summed E-state index contributed by atoms with van der Waals surface area (Å²) in [6, 6.07) is 12.3. The molecule has 0 aliphatic heterocycles. The molecule has 27 heavy (non-hydrogen) atoms. The zero-order valence-corrected chi connectivity index (χ0v) is 17.2. The summed E-state index contributed by atoms with van der Waals surface area (Å²) in [6.07, 6.45) is 0.0512. The van der Waals surface area contributed by atoms with Crippen molar-refractivity contribution < 1.29 is 14.3 Å². The van der Waals surface area contributed by atoms with Crippen molar-refractivity contribution in [3.63, 3.8) is 0 Å². The number of amides is 2. The van der Waals surface area contributed by atoms with Crippen molar-refractivity contribution in [3.8, 4) is 5.75 Å². The van der Waals surface area contributed by atoms with Crippen LogP contribution in [-0.4, -0.2) is 24.1 Å². The molecular formula is C19H19BrClN3O3. The van der Waals surface area contributed by atoms with Gasteiger partial charge in [-0.1, -0.05) is 27.5 Å². The van der Waals surface area contributed by atoms with Crippen LogP contribution in [0.15, 0.2) is 52.0 Å². The Bertz CT molecular complexity index is 854. The second-order valence-electron chi connectivity index (χ2n) is 5.81. The Morgan fingerprint density at radius 2 is 1.85 bits per heavy atom. The zero-order valence-electron chi connectivity index (χ0n) is 14.9. The number of rotatable bonds is 7. The van der Waals surface area contributed by atoms with Gasteiger partial charge in [0.1, 0.15) is 5.75 Å². The molecular weight excluding hydrogens is 434 g/mol. The molecule has 2 aromatic carbocycles. The fourth-order valence-electron chi connectivity index (χ4n) is 2.12. The van der Waals surface area contributed by atoms with E-state index in [2.05, 4.69) is 31.8 Å². The topological polar surface area (TPSA) is 79.8 Å². The monoisotopic (exact) mass is 451 g/mol. The molecule has 0 aliphatic rings. The van der Waals surface area contributed by atoms with Crippen LogP contribution >= 0.6 is 27.5 Å². The lowest BCUT2D eigenvalue weighted by molar-refractivity contribution is -0.123. The van der Waals surface area contributed by atoms with Crippen molar-refractivity contribution in [2.24, 2.45) is 5.10 Å². The Kier molecular flexibility index (Phi) is 7.82. The largest absolute Gasteiger partial charge is 0.483 e. The summed E-state index contributed by atoms with van der Waals surface area (Å²) in [5.74, 6) is -0.0271. The maximum atomic E-state index is 12.0. The number of halogens is 2. The molecule has 0 bridgehead atoms. The summed E-state index contributed by atoms with van der Waals surface area (Å²) in [4.78, 5) is 23.8. The molecule has 2 aromatic rings. The molecule has 0 fully saturated rings. The molecule has 0 spiro atoms. The molecule has 0 unspecified atom stereocenters. The van der Waals surface area contributed by atoms with Gasteiger partial charge in [0.25, 0.3) is 5.91 Å². The van der Waals surface area contributed by atoms with Crippen LogP contribution in [0.5, 0.6) is 5.75 Å². The van der Waals surface area contributed by atoms with E-state index in [1.54, 1.807) is 37.3 Å². The van der Waals surface area contributed by atoms with E-state index in [9.17, 15) is 9.59 Å². The van der Waals surface area contributed by atoms with Gasteiger partial charge in [0.15, 0.2) is 6.61 Å². The number of carbonyl (C=O) groups excluding carboxylic acids is 2. The van der Waals surface area contributed by atoms with Crippen molar-refractivity contribution in [3.05, 3.63) is 57.5 Å². The lowest BCUT2D eigenvalue weighted by atomic mass is 10.2. The van der Waals surface area contributed by atoms with E-state index in [1.165, 1.54) is 0 Å². The first-order valence-electron chi connectivity index (χ1n) is 8.10. The third kappa shape index (κ3) is 7.40. The Hall–Kier alpha value is -2.38. The number of carbonyl (C=O) groups is 2. The second kappa shape index (κ2) is 10.1. The normalized spacial score (nSPS) is 11.0. The quantitative estimate of drug-likeness (QED) is 0.485. The molecule has 0 atom stereocenters. The summed E-state index contributed by atoms with van der Waals surface area (Å²) in [5, 5.41) is 7.23. The smallest absolute Gasteiger partial charge is 0.277 e. The highest BCUT2D eigenvalue weighted by molar-refractivity contribution is 9.10. The summed E-state index contributed by atoms with van der Waals surface area (Å²) in [7, 11) is 0. The van der Waals surface area contributed by atoms with E-state index in [0.29, 0.717) is 22.2 Å². The Morgan fingerprint density at radius 1 is 1.15 bits per heavy atom. The van der Waals surface area contributed by atoms with Crippen LogP contribution in [0.4, 0.5) is 5.69 Å². The van der Waals surface area contributed by atoms with Gasteiger partial charge in [0.2, 0.25) is 5.91 Å². The standard InChI is InChI=1S/C19H19BrClN3O3/c1-12-9-14(20)3-8-17(12)27-11-19(26)24-23-13(2)10-18(25)22-16-6-4-15(21)5-7-16/h3-9H,10-11H2,1-2H3,(H,22,25)(H,24,26)/b23-13-. The van der Waals surface area contributed by atoms with Crippen LogP contribution in [0.25, 0.3) is 0 Å². The summed E-state index contributed by atoms with van der Waals surface area (Å²) in [5.41, 5.74) is 4.40. The van der Waals surface area contributed by atoms with Crippen LogP contribution in [0.1, 0.15) is 18.9 Å². The zero-order chi connectivity index (χ0) is 19.8. The van der Waals surface area contributed by atoms with Crippen LogP contribution in [0, 0.1) is 6.92 Å². The van der Waals surface area contributed by atoms with Gasteiger partial charge in [-0.2, -0.15) is 5.10 Å². The number of hydrogen-bond acceptors (Lipinski definition) is 4. The highest BCUT2D eigenvalue weighted by atomic mass is 79.9. The lowest BCUT2D eigenvalue weighted by Gasteiger charge is -2.09. The van der Waals surface area contributed by atoms with Crippen LogP contribution in [0.3, 0.4) is 0 Å². The second-order valence-corrected chi connectivity index (χ2v) is 7.16. The number of hydrogen-bond donors (Lipinski definition) is 2. The molecule has 0 saturated carbocycles. The number of hydrazone groups is 1. The van der Waals surface area contributed by atoms with Gasteiger partial charge in [-0.05, 0) is 61.9 Å². The first-order chi connectivity index (χ1) is 12.8. The highest BCUT2D eigenvalue weighted by Crippen LogP contribution is 2.21. The van der Waals surface area contributed by atoms with Gasteiger partial charge >= 0.3 is 0 Å². The van der Waals surface area contributed by atoms with Gasteiger partial charge in [0, 0.05) is 20.9 Å². The van der Waals surface area contributed by atoms with Crippen LogP contribution in [-0.2, 0) is 9.59 Å². The van der Waals surface area contributed by atoms with E-state index < -0.39 is 5.91 Å². The minimum atomic E-state index is -0.408. The molecule has 0 aliphatic carbocycles. The molecule has 0 radical (unpaired) electrons. The van der Waals surface area contributed by atoms with Gasteiger partial charge in [0.05, 0.1) is 6.42 Å². The molecule has 2 N–H and O–H groups in total. The van der Waals surface area contributed by atoms with E-state index >= 15 is 0 Å². The Morgan fingerprint density at radius 3 is 2.52 bits per heavy atom. The number of benzene rings is 2. The van der Waals surface area contributed by atoms with Gasteiger partial charge in [-0.3, -0.25) is 9.59 Å². The average molecular weight is 453 g/mol. The Labute approximate surface area is 171 Å². The molecule has 142 valence electrons. The summed E-state index contributed by atoms with van der Waals surface area (Å²) in [6.45, 7) is 3.37. The van der Waals surface area contributed by atoms with Crippen LogP contribution in [0.2, 0.25) is 5.02 Å². The van der Waals surface area contributed by atoms with Crippen molar-refractivity contribution >= 4 is 50.7 Å². The predicted molar refractivity (Wildman–Crippen MR) is 110 cm³/mol. The van der Waals surface area contributed by atoms with E-state index in [4.69, 9.17) is 16.3 Å². The molecule has 0 saturated heterocycles. The van der Waals surface area contributed by atoms with Crippen molar-refractivity contribution in [1.82, 2.24) is 5.43 Å².